The maximum atomic E-state index is 11.8. The van der Waals surface area contributed by atoms with Crippen molar-refractivity contribution in [2.75, 3.05) is 12.8 Å². The van der Waals surface area contributed by atoms with E-state index in [9.17, 15) is 13.2 Å². The molecule has 1 rings (SSSR count). The molecular formula is C13H18ClNO3S. The van der Waals surface area contributed by atoms with Crippen molar-refractivity contribution in [2.24, 2.45) is 0 Å². The molecule has 19 heavy (non-hydrogen) atoms. The molecule has 4 nitrogen and oxygen atoms in total. The first-order valence-electron chi connectivity index (χ1n) is 6.07. The van der Waals surface area contributed by atoms with Crippen LogP contribution in [-0.2, 0) is 9.84 Å². The lowest BCUT2D eigenvalue weighted by molar-refractivity contribution is 0.0953. The monoisotopic (exact) mass is 303 g/mol. The molecule has 0 saturated carbocycles. The van der Waals surface area contributed by atoms with Gasteiger partial charge in [-0.3, -0.25) is 4.79 Å². The standard InChI is InChI=1S/C13H18ClNO3S/c1-3-4-11(14)9-15-13(16)10-5-7-12(8-6-10)19(2,17)18/h5-8,11H,3-4,9H2,1-2H3,(H,15,16). The highest BCUT2D eigenvalue weighted by molar-refractivity contribution is 7.90. The van der Waals surface area contributed by atoms with E-state index in [0.29, 0.717) is 12.1 Å². The van der Waals surface area contributed by atoms with Crippen molar-refractivity contribution in [3.63, 3.8) is 0 Å². The van der Waals surface area contributed by atoms with Crippen LogP contribution in [0.15, 0.2) is 29.2 Å². The normalized spacial score (nSPS) is 13.0. The molecule has 0 aliphatic carbocycles. The molecule has 1 unspecified atom stereocenters. The summed E-state index contributed by atoms with van der Waals surface area (Å²) < 4.78 is 22.6. The van der Waals surface area contributed by atoms with E-state index in [1.165, 1.54) is 24.3 Å². The summed E-state index contributed by atoms with van der Waals surface area (Å²) in [5.74, 6) is -0.248. The van der Waals surface area contributed by atoms with Gasteiger partial charge in [-0.2, -0.15) is 0 Å². The Balaban J connectivity index is 2.64. The van der Waals surface area contributed by atoms with Gasteiger partial charge in [-0.05, 0) is 30.7 Å². The minimum atomic E-state index is -3.23. The predicted octanol–water partition coefficient (Wildman–Crippen LogP) is 2.23. The second kappa shape index (κ2) is 6.91. The molecule has 0 aliphatic heterocycles. The summed E-state index contributed by atoms with van der Waals surface area (Å²) in [7, 11) is -3.23. The number of carbonyl (C=O) groups excluding carboxylic acids is 1. The zero-order valence-corrected chi connectivity index (χ0v) is 12.6. The van der Waals surface area contributed by atoms with Crippen molar-refractivity contribution in [3.8, 4) is 0 Å². The smallest absolute Gasteiger partial charge is 0.251 e. The van der Waals surface area contributed by atoms with E-state index in [2.05, 4.69) is 5.32 Å². The summed E-state index contributed by atoms with van der Waals surface area (Å²) in [5, 5.41) is 2.64. The van der Waals surface area contributed by atoms with Crippen molar-refractivity contribution in [1.29, 1.82) is 0 Å². The highest BCUT2D eigenvalue weighted by Crippen LogP contribution is 2.10. The molecule has 0 spiro atoms. The van der Waals surface area contributed by atoms with Crippen LogP contribution in [0.3, 0.4) is 0 Å². The van der Waals surface area contributed by atoms with Crippen LogP contribution >= 0.6 is 11.6 Å². The first-order chi connectivity index (χ1) is 8.84. The summed E-state index contributed by atoms with van der Waals surface area (Å²) >= 11 is 6.00. The van der Waals surface area contributed by atoms with Crippen molar-refractivity contribution in [1.82, 2.24) is 5.32 Å². The van der Waals surface area contributed by atoms with Crippen LogP contribution in [0.25, 0.3) is 0 Å². The fraction of sp³-hybridized carbons (Fsp3) is 0.462. The summed E-state index contributed by atoms with van der Waals surface area (Å²) in [6.45, 7) is 2.43. The van der Waals surface area contributed by atoms with Gasteiger partial charge in [-0.25, -0.2) is 8.42 Å². The SMILES string of the molecule is CCCC(Cl)CNC(=O)c1ccc(S(C)(=O)=O)cc1. The van der Waals surface area contributed by atoms with Gasteiger partial charge in [0, 0.05) is 18.4 Å². The molecule has 0 saturated heterocycles. The molecule has 0 fully saturated rings. The minimum Gasteiger partial charge on any atom is -0.351 e. The van der Waals surface area contributed by atoms with Crippen LogP contribution in [-0.4, -0.2) is 32.5 Å². The molecular weight excluding hydrogens is 286 g/mol. The third-order valence-corrected chi connectivity index (χ3v) is 4.13. The van der Waals surface area contributed by atoms with Gasteiger partial charge < -0.3 is 5.32 Å². The number of hydrogen-bond donors (Lipinski definition) is 1. The number of amides is 1. The largest absolute Gasteiger partial charge is 0.351 e. The van der Waals surface area contributed by atoms with E-state index < -0.39 is 9.84 Å². The highest BCUT2D eigenvalue weighted by atomic mass is 35.5. The number of hydrogen-bond acceptors (Lipinski definition) is 3. The Bertz CT molecular complexity index is 525. The minimum absolute atomic E-state index is 0.0794. The van der Waals surface area contributed by atoms with E-state index in [1.807, 2.05) is 6.92 Å². The molecule has 0 bridgehead atoms. The van der Waals surface area contributed by atoms with E-state index in [0.717, 1.165) is 19.1 Å². The number of sulfone groups is 1. The Kier molecular flexibility index (Phi) is 5.82. The topological polar surface area (TPSA) is 63.2 Å². The second-order valence-electron chi connectivity index (χ2n) is 4.39. The lowest BCUT2D eigenvalue weighted by Gasteiger charge is -2.10. The Hall–Kier alpha value is -1.07. The molecule has 1 aromatic carbocycles. The predicted molar refractivity (Wildman–Crippen MR) is 76.4 cm³/mol. The zero-order valence-electron chi connectivity index (χ0n) is 11.0. The van der Waals surface area contributed by atoms with Gasteiger partial charge in [0.05, 0.1) is 10.3 Å². The van der Waals surface area contributed by atoms with E-state index >= 15 is 0 Å². The van der Waals surface area contributed by atoms with Gasteiger partial charge in [-0.15, -0.1) is 11.6 Å². The van der Waals surface area contributed by atoms with Crippen molar-refractivity contribution in [3.05, 3.63) is 29.8 Å². The third-order valence-electron chi connectivity index (χ3n) is 2.63. The summed E-state index contributed by atoms with van der Waals surface area (Å²) in [6, 6.07) is 5.84. The Labute approximate surface area is 119 Å². The highest BCUT2D eigenvalue weighted by Gasteiger charge is 2.11. The molecule has 0 aliphatic rings. The van der Waals surface area contributed by atoms with Crippen molar-refractivity contribution >= 4 is 27.3 Å². The zero-order chi connectivity index (χ0) is 14.5. The van der Waals surface area contributed by atoms with Gasteiger partial charge in [0.1, 0.15) is 0 Å². The molecule has 6 heteroatoms. The molecule has 0 radical (unpaired) electrons. The lowest BCUT2D eigenvalue weighted by Crippen LogP contribution is -2.29. The van der Waals surface area contributed by atoms with E-state index in [-0.39, 0.29) is 16.2 Å². The molecule has 0 aromatic heterocycles. The van der Waals surface area contributed by atoms with Gasteiger partial charge in [0.15, 0.2) is 9.84 Å². The average molecular weight is 304 g/mol. The quantitative estimate of drug-likeness (QED) is 0.820. The lowest BCUT2D eigenvalue weighted by atomic mass is 10.2. The first kappa shape index (κ1) is 16.0. The van der Waals surface area contributed by atoms with E-state index in [1.54, 1.807) is 0 Å². The third kappa shape index (κ3) is 5.20. The van der Waals surface area contributed by atoms with Crippen LogP contribution < -0.4 is 5.32 Å². The number of halogens is 1. The van der Waals surface area contributed by atoms with Gasteiger partial charge >= 0.3 is 0 Å². The number of alkyl halides is 1. The van der Waals surface area contributed by atoms with Crippen LogP contribution in [0.2, 0.25) is 0 Å². The maximum absolute atomic E-state index is 11.8. The Morgan fingerprint density at radius 3 is 2.37 bits per heavy atom. The van der Waals surface area contributed by atoms with Gasteiger partial charge in [0.2, 0.25) is 0 Å². The van der Waals surface area contributed by atoms with Crippen molar-refractivity contribution in [2.45, 2.75) is 30.0 Å². The number of nitrogens with one attached hydrogen (secondary N) is 1. The number of rotatable bonds is 6. The van der Waals surface area contributed by atoms with Crippen LogP contribution in [0.5, 0.6) is 0 Å². The fourth-order valence-electron chi connectivity index (χ4n) is 1.57. The Morgan fingerprint density at radius 1 is 1.32 bits per heavy atom. The van der Waals surface area contributed by atoms with Crippen LogP contribution in [0, 0.1) is 0 Å². The maximum Gasteiger partial charge on any atom is 0.251 e. The summed E-state index contributed by atoms with van der Waals surface area (Å²) in [5.41, 5.74) is 0.424. The Morgan fingerprint density at radius 2 is 1.89 bits per heavy atom. The van der Waals surface area contributed by atoms with E-state index in [4.69, 9.17) is 11.6 Å². The molecule has 1 amide bonds. The molecule has 1 atom stereocenters. The van der Waals surface area contributed by atoms with Crippen LogP contribution in [0.1, 0.15) is 30.1 Å². The average Bonchev–Trinajstić information content (AvgIpc) is 2.35. The van der Waals surface area contributed by atoms with Gasteiger partial charge in [-0.1, -0.05) is 13.3 Å². The molecule has 0 heterocycles. The van der Waals surface area contributed by atoms with Crippen LogP contribution in [0.4, 0.5) is 0 Å². The summed E-state index contributed by atoms with van der Waals surface area (Å²) in [6.07, 6.45) is 2.94. The first-order valence-corrected chi connectivity index (χ1v) is 8.39. The molecule has 1 aromatic rings. The number of carbonyl (C=O) groups is 1. The fourth-order valence-corrected chi connectivity index (χ4v) is 2.50. The summed E-state index contributed by atoms with van der Waals surface area (Å²) in [4.78, 5) is 12.0. The molecule has 106 valence electrons. The molecule has 1 N–H and O–H groups in total. The van der Waals surface area contributed by atoms with Crippen molar-refractivity contribution < 1.29 is 13.2 Å². The van der Waals surface area contributed by atoms with Gasteiger partial charge in [0.25, 0.3) is 5.91 Å². The second-order valence-corrected chi connectivity index (χ2v) is 7.03. The number of benzene rings is 1.